The first-order valence-electron chi connectivity index (χ1n) is 8.86. The zero-order valence-corrected chi connectivity index (χ0v) is 15.7. The Kier molecular flexibility index (Phi) is 6.18. The number of rotatable bonds is 5. The minimum atomic E-state index is 0.0395. The summed E-state index contributed by atoms with van der Waals surface area (Å²) < 4.78 is 5.72. The van der Waals surface area contributed by atoms with Crippen LogP contribution < -0.4 is 9.64 Å². The van der Waals surface area contributed by atoms with Gasteiger partial charge in [-0.1, -0.05) is 35.9 Å². The summed E-state index contributed by atoms with van der Waals surface area (Å²) in [7, 11) is 0. The highest BCUT2D eigenvalue weighted by molar-refractivity contribution is 6.30. The van der Waals surface area contributed by atoms with Gasteiger partial charge in [-0.05, 0) is 42.8 Å². The summed E-state index contributed by atoms with van der Waals surface area (Å²) in [5.41, 5.74) is 2.06. The van der Waals surface area contributed by atoms with Crippen LogP contribution in [0.5, 0.6) is 5.75 Å². The van der Waals surface area contributed by atoms with Gasteiger partial charge in [0.05, 0.1) is 12.3 Å². The first-order valence-corrected chi connectivity index (χ1v) is 9.24. The molecule has 2 aromatic carbocycles. The summed E-state index contributed by atoms with van der Waals surface area (Å²) in [6.07, 6.45) is 3.46. The molecule has 1 heterocycles. The van der Waals surface area contributed by atoms with Crippen LogP contribution in [0.4, 0.5) is 5.69 Å². The van der Waals surface area contributed by atoms with E-state index in [0.717, 1.165) is 30.1 Å². The minimum absolute atomic E-state index is 0.0395. The lowest BCUT2D eigenvalue weighted by Crippen LogP contribution is -2.48. The van der Waals surface area contributed by atoms with Crippen LogP contribution in [-0.2, 0) is 4.79 Å². The molecule has 0 saturated carbocycles. The average Bonchev–Trinajstić information content (AvgIpc) is 2.68. The maximum absolute atomic E-state index is 12.4. The number of hydrogen-bond donors (Lipinski definition) is 0. The molecule has 0 aliphatic carbocycles. The van der Waals surface area contributed by atoms with E-state index in [1.54, 1.807) is 6.08 Å². The monoisotopic (exact) mass is 370 g/mol. The Morgan fingerprint density at radius 2 is 1.77 bits per heavy atom. The maximum Gasteiger partial charge on any atom is 0.246 e. The Balaban J connectivity index is 1.58. The standard InChI is InChI=1S/C21H23ClN2O2/c1-2-26-20-6-4-3-5-19(20)23-13-15-24(16-14-23)21(25)12-9-17-7-10-18(22)11-8-17/h3-12H,2,13-16H2,1H3/b12-9+. The summed E-state index contributed by atoms with van der Waals surface area (Å²) in [6.45, 7) is 5.62. The SMILES string of the molecule is CCOc1ccccc1N1CCN(C(=O)/C=C/c2ccc(Cl)cc2)CC1. The van der Waals surface area contributed by atoms with Crippen LogP contribution >= 0.6 is 11.6 Å². The van der Waals surface area contributed by atoms with E-state index in [2.05, 4.69) is 11.0 Å². The van der Waals surface area contributed by atoms with Gasteiger partial charge in [-0.3, -0.25) is 4.79 Å². The lowest BCUT2D eigenvalue weighted by atomic mass is 10.2. The van der Waals surface area contributed by atoms with E-state index in [-0.39, 0.29) is 5.91 Å². The zero-order chi connectivity index (χ0) is 18.4. The minimum Gasteiger partial charge on any atom is -0.492 e. The molecule has 26 heavy (non-hydrogen) atoms. The van der Waals surface area contributed by atoms with Crippen LogP contribution in [0.15, 0.2) is 54.6 Å². The van der Waals surface area contributed by atoms with Gasteiger partial charge in [0, 0.05) is 37.3 Å². The molecule has 1 aliphatic rings. The van der Waals surface area contributed by atoms with Crippen molar-refractivity contribution >= 4 is 29.3 Å². The highest BCUT2D eigenvalue weighted by atomic mass is 35.5. The van der Waals surface area contributed by atoms with Gasteiger partial charge in [-0.2, -0.15) is 0 Å². The van der Waals surface area contributed by atoms with Gasteiger partial charge in [0.15, 0.2) is 0 Å². The van der Waals surface area contributed by atoms with Gasteiger partial charge in [0.1, 0.15) is 5.75 Å². The van der Waals surface area contributed by atoms with Crippen LogP contribution in [0.25, 0.3) is 6.08 Å². The molecule has 1 fully saturated rings. The molecule has 5 heteroatoms. The van der Waals surface area contributed by atoms with Crippen molar-refractivity contribution in [2.24, 2.45) is 0 Å². The van der Waals surface area contributed by atoms with Crippen molar-refractivity contribution in [3.8, 4) is 5.75 Å². The first-order chi connectivity index (χ1) is 12.7. The Labute approximate surface area is 159 Å². The van der Waals surface area contributed by atoms with Crippen molar-refractivity contribution in [2.45, 2.75) is 6.92 Å². The van der Waals surface area contributed by atoms with Crippen LogP contribution in [-0.4, -0.2) is 43.6 Å². The number of anilines is 1. The molecule has 136 valence electrons. The molecule has 4 nitrogen and oxygen atoms in total. The van der Waals surface area contributed by atoms with Crippen LogP contribution in [0.2, 0.25) is 5.02 Å². The molecule has 0 aromatic heterocycles. The number of ether oxygens (including phenoxy) is 1. The molecule has 1 amide bonds. The van der Waals surface area contributed by atoms with Crippen molar-refractivity contribution in [2.75, 3.05) is 37.7 Å². The normalized spacial score (nSPS) is 14.7. The topological polar surface area (TPSA) is 32.8 Å². The number of carbonyl (C=O) groups is 1. The third kappa shape index (κ3) is 4.58. The summed E-state index contributed by atoms with van der Waals surface area (Å²) >= 11 is 5.88. The number of benzene rings is 2. The number of nitrogens with zero attached hydrogens (tertiary/aromatic N) is 2. The van der Waals surface area contributed by atoms with Gasteiger partial charge in [0.2, 0.25) is 5.91 Å². The van der Waals surface area contributed by atoms with Crippen molar-refractivity contribution in [3.05, 3.63) is 65.2 Å². The Hall–Kier alpha value is -2.46. The molecule has 0 spiro atoms. The second-order valence-electron chi connectivity index (χ2n) is 6.10. The molecule has 3 rings (SSSR count). The van der Waals surface area contributed by atoms with E-state index >= 15 is 0 Å². The lowest BCUT2D eigenvalue weighted by molar-refractivity contribution is -0.126. The highest BCUT2D eigenvalue weighted by Gasteiger charge is 2.21. The van der Waals surface area contributed by atoms with Crippen molar-refractivity contribution in [1.82, 2.24) is 4.90 Å². The Bertz CT molecular complexity index is 766. The fourth-order valence-corrected chi connectivity index (χ4v) is 3.14. The maximum atomic E-state index is 12.4. The third-order valence-corrected chi connectivity index (χ3v) is 4.64. The van der Waals surface area contributed by atoms with E-state index in [1.807, 2.05) is 60.4 Å². The van der Waals surface area contributed by atoms with E-state index in [1.165, 1.54) is 0 Å². The van der Waals surface area contributed by atoms with E-state index in [4.69, 9.17) is 16.3 Å². The predicted molar refractivity (Wildman–Crippen MR) is 107 cm³/mol. The van der Waals surface area contributed by atoms with E-state index < -0.39 is 0 Å². The molecule has 2 aromatic rings. The molecule has 0 bridgehead atoms. The van der Waals surface area contributed by atoms with Crippen molar-refractivity contribution in [1.29, 1.82) is 0 Å². The van der Waals surface area contributed by atoms with Crippen molar-refractivity contribution < 1.29 is 9.53 Å². The highest BCUT2D eigenvalue weighted by Crippen LogP contribution is 2.28. The second kappa shape index (κ2) is 8.77. The fraction of sp³-hybridized carbons (Fsp3) is 0.286. The number of carbonyl (C=O) groups excluding carboxylic acids is 1. The number of amides is 1. The molecule has 1 aliphatic heterocycles. The van der Waals surface area contributed by atoms with Crippen molar-refractivity contribution in [3.63, 3.8) is 0 Å². The number of para-hydroxylation sites is 2. The smallest absolute Gasteiger partial charge is 0.246 e. The molecule has 1 saturated heterocycles. The summed E-state index contributed by atoms with van der Waals surface area (Å²) in [5.74, 6) is 0.940. The Morgan fingerprint density at radius 3 is 2.46 bits per heavy atom. The number of hydrogen-bond acceptors (Lipinski definition) is 3. The number of halogens is 1. The van der Waals surface area contributed by atoms with Crippen LogP contribution in [0, 0.1) is 0 Å². The molecule has 0 radical (unpaired) electrons. The quantitative estimate of drug-likeness (QED) is 0.743. The molecular formula is C21H23ClN2O2. The van der Waals surface area contributed by atoms with Crippen LogP contribution in [0.1, 0.15) is 12.5 Å². The lowest BCUT2D eigenvalue weighted by Gasteiger charge is -2.36. The van der Waals surface area contributed by atoms with Gasteiger partial charge in [0.25, 0.3) is 0 Å². The van der Waals surface area contributed by atoms with Gasteiger partial charge < -0.3 is 14.5 Å². The third-order valence-electron chi connectivity index (χ3n) is 4.39. The Morgan fingerprint density at radius 1 is 1.08 bits per heavy atom. The van der Waals surface area contributed by atoms with E-state index in [0.29, 0.717) is 24.7 Å². The van der Waals surface area contributed by atoms with Gasteiger partial charge >= 0.3 is 0 Å². The zero-order valence-electron chi connectivity index (χ0n) is 14.9. The summed E-state index contributed by atoms with van der Waals surface area (Å²) in [5, 5.41) is 0.692. The molecule has 0 N–H and O–H groups in total. The summed E-state index contributed by atoms with van der Waals surface area (Å²) in [4.78, 5) is 16.6. The number of piperazine rings is 1. The summed E-state index contributed by atoms with van der Waals surface area (Å²) in [6, 6.07) is 15.5. The predicted octanol–water partition coefficient (Wildman–Crippen LogP) is 4.10. The van der Waals surface area contributed by atoms with Crippen LogP contribution in [0.3, 0.4) is 0 Å². The largest absolute Gasteiger partial charge is 0.492 e. The first kappa shape index (κ1) is 18.3. The molecular weight excluding hydrogens is 348 g/mol. The van der Waals surface area contributed by atoms with Gasteiger partial charge in [-0.15, -0.1) is 0 Å². The average molecular weight is 371 g/mol. The fourth-order valence-electron chi connectivity index (χ4n) is 3.01. The van der Waals surface area contributed by atoms with Gasteiger partial charge in [-0.25, -0.2) is 0 Å². The molecule has 0 unspecified atom stereocenters. The van der Waals surface area contributed by atoms with E-state index in [9.17, 15) is 4.79 Å². The molecule has 0 atom stereocenters. The second-order valence-corrected chi connectivity index (χ2v) is 6.53.